The minimum Gasteiger partial charge on any atom is -0.469 e. The molecule has 0 saturated heterocycles. The first-order valence-electron chi connectivity index (χ1n) is 10.5. The van der Waals surface area contributed by atoms with E-state index in [2.05, 4.69) is 24.7 Å². The van der Waals surface area contributed by atoms with E-state index in [0.717, 1.165) is 12.8 Å². The van der Waals surface area contributed by atoms with Crippen molar-refractivity contribution in [1.82, 2.24) is 0 Å². The number of aliphatic hydroxyl groups is 2. The van der Waals surface area contributed by atoms with Crippen molar-refractivity contribution in [2.45, 2.75) is 90.3 Å². The van der Waals surface area contributed by atoms with Crippen molar-refractivity contribution >= 4 is 11.8 Å². The summed E-state index contributed by atoms with van der Waals surface area (Å²) in [6, 6.07) is 0. The molecule has 5 heteroatoms. The topological polar surface area (TPSA) is 83.8 Å². The highest BCUT2D eigenvalue weighted by Crippen LogP contribution is 2.34. The molecule has 0 heterocycles. The van der Waals surface area contributed by atoms with Crippen molar-refractivity contribution in [3.63, 3.8) is 0 Å². The van der Waals surface area contributed by atoms with Crippen LogP contribution in [0.2, 0.25) is 0 Å². The molecule has 0 radical (unpaired) electrons. The summed E-state index contributed by atoms with van der Waals surface area (Å²) in [7, 11) is 1.37. The second-order valence-electron chi connectivity index (χ2n) is 8.04. The molecule has 0 aliphatic heterocycles. The van der Waals surface area contributed by atoms with E-state index >= 15 is 0 Å². The minimum absolute atomic E-state index is 0.0461. The Labute approximate surface area is 164 Å². The van der Waals surface area contributed by atoms with Crippen LogP contribution in [0.15, 0.2) is 12.2 Å². The quantitative estimate of drug-likeness (QED) is 0.287. The van der Waals surface area contributed by atoms with Crippen LogP contribution in [0.4, 0.5) is 0 Å². The maximum Gasteiger partial charge on any atom is 0.305 e. The van der Waals surface area contributed by atoms with E-state index in [9.17, 15) is 19.8 Å². The number of hydrogen-bond acceptors (Lipinski definition) is 5. The highest BCUT2D eigenvalue weighted by molar-refractivity contribution is 5.84. The number of allylic oxidation sites excluding steroid dienone is 1. The number of unbranched alkanes of at least 4 members (excludes halogenated alkanes) is 2. The summed E-state index contributed by atoms with van der Waals surface area (Å²) in [5, 5.41) is 20.5. The normalized spacial score (nSPS) is 25.1. The van der Waals surface area contributed by atoms with Gasteiger partial charge in [-0.05, 0) is 31.6 Å². The average Bonchev–Trinajstić information content (AvgIpc) is 2.90. The van der Waals surface area contributed by atoms with Crippen molar-refractivity contribution in [3.8, 4) is 0 Å². The lowest BCUT2D eigenvalue weighted by atomic mass is 9.87. The van der Waals surface area contributed by atoms with Crippen LogP contribution in [-0.4, -0.2) is 41.3 Å². The lowest BCUT2D eigenvalue weighted by Crippen LogP contribution is -2.23. The Morgan fingerprint density at radius 2 is 2.04 bits per heavy atom. The molecular formula is C22H38O5. The minimum atomic E-state index is -0.642. The van der Waals surface area contributed by atoms with Gasteiger partial charge in [-0.1, -0.05) is 51.7 Å². The molecule has 0 bridgehead atoms. The summed E-state index contributed by atoms with van der Waals surface area (Å²) in [5.41, 5.74) is 0. The number of carbonyl (C=O) groups is 2. The van der Waals surface area contributed by atoms with Crippen LogP contribution in [0, 0.1) is 17.8 Å². The van der Waals surface area contributed by atoms with Gasteiger partial charge in [-0.25, -0.2) is 0 Å². The van der Waals surface area contributed by atoms with Gasteiger partial charge in [0.25, 0.3) is 0 Å². The molecule has 0 amide bonds. The summed E-state index contributed by atoms with van der Waals surface area (Å²) >= 11 is 0. The van der Waals surface area contributed by atoms with E-state index in [0.29, 0.717) is 31.6 Å². The molecule has 2 N–H and O–H groups in total. The number of methoxy groups -OCH3 is 1. The van der Waals surface area contributed by atoms with Crippen LogP contribution in [0.25, 0.3) is 0 Å². The van der Waals surface area contributed by atoms with Gasteiger partial charge in [0.2, 0.25) is 0 Å². The van der Waals surface area contributed by atoms with E-state index < -0.39 is 12.2 Å². The average molecular weight is 383 g/mol. The first-order chi connectivity index (χ1) is 12.9. The molecule has 1 saturated carbocycles. The number of ketones is 1. The highest BCUT2D eigenvalue weighted by atomic mass is 16.5. The van der Waals surface area contributed by atoms with E-state index in [1.54, 1.807) is 0 Å². The van der Waals surface area contributed by atoms with Crippen molar-refractivity contribution in [3.05, 3.63) is 12.2 Å². The molecule has 1 aliphatic rings. The van der Waals surface area contributed by atoms with E-state index in [4.69, 9.17) is 0 Å². The summed E-state index contributed by atoms with van der Waals surface area (Å²) in [6.07, 6.45) is 10.3. The zero-order valence-corrected chi connectivity index (χ0v) is 17.2. The third-order valence-corrected chi connectivity index (χ3v) is 5.60. The molecule has 2 unspecified atom stereocenters. The lowest BCUT2D eigenvalue weighted by molar-refractivity contribution is -0.140. The molecule has 1 rings (SSSR count). The van der Waals surface area contributed by atoms with E-state index in [1.165, 1.54) is 26.4 Å². The summed E-state index contributed by atoms with van der Waals surface area (Å²) in [6.45, 7) is 4.42. The number of Topliss-reactive ketones (excluding diaryl/α,β-unsaturated/α-hetero) is 1. The predicted octanol–water partition coefficient (Wildman–Crippen LogP) is 3.81. The van der Waals surface area contributed by atoms with Gasteiger partial charge >= 0.3 is 5.97 Å². The zero-order chi connectivity index (χ0) is 20.2. The van der Waals surface area contributed by atoms with E-state index in [-0.39, 0.29) is 30.0 Å². The fourth-order valence-corrected chi connectivity index (χ4v) is 3.83. The monoisotopic (exact) mass is 382 g/mol. The van der Waals surface area contributed by atoms with Gasteiger partial charge in [-0.2, -0.15) is 0 Å². The highest BCUT2D eigenvalue weighted by Gasteiger charge is 2.40. The summed E-state index contributed by atoms with van der Waals surface area (Å²) in [4.78, 5) is 23.4. The maximum atomic E-state index is 12.3. The number of carbonyl (C=O) groups excluding carboxylic acids is 2. The number of ether oxygens (including phenoxy) is 1. The van der Waals surface area contributed by atoms with Gasteiger partial charge in [0.15, 0.2) is 0 Å². The Morgan fingerprint density at radius 3 is 2.70 bits per heavy atom. The summed E-state index contributed by atoms with van der Waals surface area (Å²) in [5.74, 6) is -0.0885. The Hall–Kier alpha value is -1.20. The Morgan fingerprint density at radius 1 is 1.30 bits per heavy atom. The van der Waals surface area contributed by atoms with Crippen LogP contribution >= 0.6 is 0 Å². The summed E-state index contributed by atoms with van der Waals surface area (Å²) < 4.78 is 4.60. The number of aliphatic hydroxyl groups excluding tert-OH is 2. The van der Waals surface area contributed by atoms with Gasteiger partial charge in [0.1, 0.15) is 5.78 Å². The van der Waals surface area contributed by atoms with Crippen molar-refractivity contribution in [1.29, 1.82) is 0 Å². The standard InChI is InChI=1S/C22H38O5/c1-4-5-9-16(2)10-8-12-18-19(21(25)15-20(18)24)14-17(23)11-6-7-13-22(26)27-3/h8,12,16-20,23-24H,4-7,9-11,13-15H2,1-3H3/t16?,17?,18-,19-,20-/m1/s1. The smallest absolute Gasteiger partial charge is 0.305 e. The Kier molecular flexibility index (Phi) is 11.5. The molecule has 27 heavy (non-hydrogen) atoms. The number of esters is 1. The Balaban J connectivity index is 2.45. The second-order valence-corrected chi connectivity index (χ2v) is 8.04. The number of rotatable bonds is 13. The van der Waals surface area contributed by atoms with Gasteiger partial charge in [0.05, 0.1) is 19.3 Å². The first kappa shape index (κ1) is 23.8. The van der Waals surface area contributed by atoms with Crippen LogP contribution in [0.3, 0.4) is 0 Å². The SMILES string of the molecule is CCCCC(C)CC=C[C@H]1[C@H](O)CC(=O)[C@@H]1CC(O)CCCCC(=O)OC. The largest absolute Gasteiger partial charge is 0.469 e. The van der Waals surface area contributed by atoms with Crippen LogP contribution in [-0.2, 0) is 14.3 Å². The fraction of sp³-hybridized carbons (Fsp3) is 0.818. The van der Waals surface area contributed by atoms with Crippen molar-refractivity contribution < 1.29 is 24.5 Å². The maximum absolute atomic E-state index is 12.3. The van der Waals surface area contributed by atoms with Crippen molar-refractivity contribution in [2.75, 3.05) is 7.11 Å². The molecule has 0 aromatic carbocycles. The second kappa shape index (κ2) is 13.1. The molecule has 0 spiro atoms. The van der Waals surface area contributed by atoms with E-state index in [1.807, 2.05) is 6.08 Å². The van der Waals surface area contributed by atoms with Crippen LogP contribution < -0.4 is 0 Å². The van der Waals surface area contributed by atoms with Gasteiger partial charge in [-0.3, -0.25) is 9.59 Å². The lowest BCUT2D eigenvalue weighted by Gasteiger charge is -2.20. The molecule has 1 fully saturated rings. The molecule has 1 aliphatic carbocycles. The van der Waals surface area contributed by atoms with Crippen LogP contribution in [0.5, 0.6) is 0 Å². The third-order valence-electron chi connectivity index (χ3n) is 5.60. The third kappa shape index (κ3) is 9.02. The fourth-order valence-electron chi connectivity index (χ4n) is 3.83. The molecule has 0 aromatic rings. The first-order valence-corrected chi connectivity index (χ1v) is 10.5. The molecule has 156 valence electrons. The molecule has 5 atom stereocenters. The predicted molar refractivity (Wildman–Crippen MR) is 106 cm³/mol. The van der Waals surface area contributed by atoms with Gasteiger partial charge < -0.3 is 14.9 Å². The van der Waals surface area contributed by atoms with Crippen LogP contribution in [0.1, 0.15) is 78.1 Å². The molecular weight excluding hydrogens is 344 g/mol. The van der Waals surface area contributed by atoms with Crippen molar-refractivity contribution in [2.24, 2.45) is 17.8 Å². The van der Waals surface area contributed by atoms with Gasteiger partial charge in [-0.15, -0.1) is 0 Å². The molecule has 0 aromatic heterocycles. The van der Waals surface area contributed by atoms with Gasteiger partial charge in [0, 0.05) is 24.7 Å². The molecule has 5 nitrogen and oxygen atoms in total. The Bertz CT molecular complexity index is 473. The number of hydrogen-bond donors (Lipinski definition) is 2. The zero-order valence-electron chi connectivity index (χ0n) is 17.2.